The average Bonchev–Trinajstić information content (AvgIpc) is 2.65. The Bertz CT molecular complexity index is 738. The number of halogens is 1. The van der Waals surface area contributed by atoms with Gasteiger partial charge in [0.1, 0.15) is 0 Å². The van der Waals surface area contributed by atoms with Crippen LogP contribution in [0.5, 0.6) is 0 Å². The fraction of sp³-hybridized carbons (Fsp3) is 0.130. The van der Waals surface area contributed by atoms with E-state index in [9.17, 15) is 0 Å². The summed E-state index contributed by atoms with van der Waals surface area (Å²) in [5, 5.41) is 0.770. The van der Waals surface area contributed by atoms with Crippen molar-refractivity contribution in [3.05, 3.63) is 113 Å². The molecule has 0 bridgehead atoms. The summed E-state index contributed by atoms with van der Waals surface area (Å²) < 4.78 is 0. The van der Waals surface area contributed by atoms with Gasteiger partial charge in [0, 0.05) is 24.7 Å². The second-order valence-corrected chi connectivity index (χ2v) is 6.53. The van der Waals surface area contributed by atoms with Gasteiger partial charge in [0.15, 0.2) is 0 Å². The number of hydrogen-bond acceptors (Lipinski definition) is 1. The molecule has 0 radical (unpaired) electrons. The van der Waals surface area contributed by atoms with Crippen LogP contribution in [0.4, 0.5) is 0 Å². The molecule has 0 heterocycles. The summed E-state index contributed by atoms with van der Waals surface area (Å²) in [6.45, 7) is 2.76. The fourth-order valence-electron chi connectivity index (χ4n) is 2.78. The van der Waals surface area contributed by atoms with E-state index in [2.05, 4.69) is 77.7 Å². The van der Waals surface area contributed by atoms with E-state index < -0.39 is 0 Å². The molecule has 25 heavy (non-hydrogen) atoms. The van der Waals surface area contributed by atoms with E-state index in [1.165, 1.54) is 16.7 Å². The van der Waals surface area contributed by atoms with Crippen LogP contribution in [0.1, 0.15) is 16.7 Å². The normalized spacial score (nSPS) is 11.3. The maximum atomic E-state index is 5.94. The van der Waals surface area contributed by atoms with Crippen LogP contribution in [0.2, 0.25) is 5.02 Å². The first kappa shape index (κ1) is 17.5. The van der Waals surface area contributed by atoms with Crippen molar-refractivity contribution in [1.29, 1.82) is 0 Å². The maximum absolute atomic E-state index is 5.94. The molecule has 3 aromatic rings. The summed E-state index contributed by atoms with van der Waals surface area (Å²) in [6, 6.07) is 29.2. The van der Waals surface area contributed by atoms with Crippen molar-refractivity contribution in [1.82, 2.24) is 4.90 Å². The summed E-state index contributed by atoms with van der Waals surface area (Å²) in [7, 11) is 0. The van der Waals surface area contributed by atoms with Gasteiger partial charge in [-0.05, 0) is 28.8 Å². The molecular formula is C23H22ClN. The smallest absolute Gasteiger partial charge is 0.0406 e. The predicted molar refractivity (Wildman–Crippen MR) is 107 cm³/mol. The summed E-state index contributed by atoms with van der Waals surface area (Å²) in [6.07, 6.45) is 4.37. The average molecular weight is 348 g/mol. The van der Waals surface area contributed by atoms with Crippen molar-refractivity contribution in [3.8, 4) is 0 Å². The van der Waals surface area contributed by atoms with Gasteiger partial charge >= 0.3 is 0 Å². The lowest BCUT2D eigenvalue weighted by Crippen LogP contribution is -2.22. The molecule has 0 aliphatic carbocycles. The van der Waals surface area contributed by atoms with Gasteiger partial charge in [-0.1, -0.05) is 96.5 Å². The van der Waals surface area contributed by atoms with E-state index in [-0.39, 0.29) is 0 Å². The van der Waals surface area contributed by atoms with Gasteiger partial charge in [-0.25, -0.2) is 0 Å². The molecule has 0 atom stereocenters. The van der Waals surface area contributed by atoms with Gasteiger partial charge in [-0.2, -0.15) is 0 Å². The SMILES string of the molecule is Clc1ccc(/C=C/CN(Cc2ccccc2)Cc2ccccc2)cc1. The van der Waals surface area contributed by atoms with E-state index >= 15 is 0 Å². The third kappa shape index (κ3) is 5.90. The van der Waals surface area contributed by atoms with Crippen molar-refractivity contribution < 1.29 is 0 Å². The highest BCUT2D eigenvalue weighted by Gasteiger charge is 2.05. The van der Waals surface area contributed by atoms with E-state index in [0.29, 0.717) is 0 Å². The molecule has 0 aromatic heterocycles. The Morgan fingerprint density at radius 2 is 1.20 bits per heavy atom. The molecule has 0 fully saturated rings. The second kappa shape index (κ2) is 9.22. The quantitative estimate of drug-likeness (QED) is 0.502. The molecule has 3 rings (SSSR count). The molecule has 0 saturated heterocycles. The van der Waals surface area contributed by atoms with Crippen LogP contribution in [0.25, 0.3) is 6.08 Å². The Kier molecular flexibility index (Phi) is 6.44. The molecular weight excluding hydrogens is 326 g/mol. The molecule has 0 aliphatic rings. The number of rotatable bonds is 7. The van der Waals surface area contributed by atoms with Crippen LogP contribution in [0.15, 0.2) is 91.0 Å². The van der Waals surface area contributed by atoms with E-state index in [0.717, 1.165) is 24.7 Å². The largest absolute Gasteiger partial charge is 0.291 e. The first-order valence-corrected chi connectivity index (χ1v) is 8.90. The van der Waals surface area contributed by atoms with E-state index in [1.807, 2.05) is 24.3 Å². The molecule has 0 spiro atoms. The third-order valence-electron chi connectivity index (χ3n) is 4.04. The van der Waals surface area contributed by atoms with Crippen LogP contribution >= 0.6 is 11.6 Å². The van der Waals surface area contributed by atoms with Crippen molar-refractivity contribution in [3.63, 3.8) is 0 Å². The Morgan fingerprint density at radius 1 is 0.680 bits per heavy atom. The lowest BCUT2D eigenvalue weighted by atomic mass is 10.1. The zero-order valence-electron chi connectivity index (χ0n) is 14.2. The monoisotopic (exact) mass is 347 g/mol. The molecule has 1 nitrogen and oxygen atoms in total. The van der Waals surface area contributed by atoms with Gasteiger partial charge in [-0.15, -0.1) is 0 Å². The molecule has 3 aromatic carbocycles. The van der Waals surface area contributed by atoms with E-state index in [1.54, 1.807) is 0 Å². The van der Waals surface area contributed by atoms with Crippen LogP contribution < -0.4 is 0 Å². The highest BCUT2D eigenvalue weighted by Crippen LogP contribution is 2.13. The van der Waals surface area contributed by atoms with Crippen LogP contribution in [-0.4, -0.2) is 11.4 Å². The molecule has 0 saturated carbocycles. The standard InChI is InChI=1S/C23H22ClN/c24-23-15-13-20(14-16-23)12-7-17-25(18-21-8-3-1-4-9-21)19-22-10-5-2-6-11-22/h1-16H,17-19H2/b12-7+. The van der Waals surface area contributed by atoms with Crippen molar-refractivity contribution >= 4 is 17.7 Å². The molecule has 0 N–H and O–H groups in total. The summed E-state index contributed by atoms with van der Waals surface area (Å²) in [4.78, 5) is 2.44. The minimum absolute atomic E-state index is 0.770. The van der Waals surface area contributed by atoms with Gasteiger partial charge in [0.05, 0.1) is 0 Å². The van der Waals surface area contributed by atoms with Gasteiger partial charge in [0.2, 0.25) is 0 Å². The van der Waals surface area contributed by atoms with Crippen molar-refractivity contribution in [2.24, 2.45) is 0 Å². The minimum atomic E-state index is 0.770. The number of nitrogens with zero attached hydrogens (tertiary/aromatic N) is 1. The zero-order valence-corrected chi connectivity index (χ0v) is 14.9. The van der Waals surface area contributed by atoms with Gasteiger partial charge < -0.3 is 0 Å². The Morgan fingerprint density at radius 3 is 1.72 bits per heavy atom. The molecule has 2 heteroatoms. The molecule has 0 unspecified atom stereocenters. The predicted octanol–water partition coefficient (Wildman–Crippen LogP) is 6.06. The van der Waals surface area contributed by atoms with Crippen molar-refractivity contribution in [2.75, 3.05) is 6.54 Å². The summed E-state index contributed by atoms with van der Waals surface area (Å²) in [5.74, 6) is 0. The Hall–Kier alpha value is -2.35. The van der Waals surface area contributed by atoms with Crippen LogP contribution in [-0.2, 0) is 13.1 Å². The fourth-order valence-corrected chi connectivity index (χ4v) is 2.91. The minimum Gasteiger partial charge on any atom is -0.291 e. The van der Waals surface area contributed by atoms with Gasteiger partial charge in [0.25, 0.3) is 0 Å². The third-order valence-corrected chi connectivity index (χ3v) is 4.29. The number of benzene rings is 3. The highest BCUT2D eigenvalue weighted by atomic mass is 35.5. The van der Waals surface area contributed by atoms with Crippen molar-refractivity contribution in [2.45, 2.75) is 13.1 Å². The van der Waals surface area contributed by atoms with Crippen LogP contribution in [0, 0.1) is 0 Å². The highest BCUT2D eigenvalue weighted by molar-refractivity contribution is 6.30. The summed E-state index contributed by atoms with van der Waals surface area (Å²) in [5.41, 5.74) is 3.83. The zero-order chi connectivity index (χ0) is 17.3. The Balaban J connectivity index is 1.68. The molecule has 126 valence electrons. The second-order valence-electron chi connectivity index (χ2n) is 6.09. The first-order chi connectivity index (χ1) is 12.3. The van der Waals surface area contributed by atoms with Gasteiger partial charge in [-0.3, -0.25) is 4.90 Å². The molecule has 0 aliphatic heterocycles. The van der Waals surface area contributed by atoms with E-state index in [4.69, 9.17) is 11.6 Å². The Labute approximate surface area is 155 Å². The lowest BCUT2D eigenvalue weighted by Gasteiger charge is -2.21. The lowest BCUT2D eigenvalue weighted by molar-refractivity contribution is 0.286. The topological polar surface area (TPSA) is 3.24 Å². The number of hydrogen-bond donors (Lipinski definition) is 0. The maximum Gasteiger partial charge on any atom is 0.0406 e. The van der Waals surface area contributed by atoms with Crippen LogP contribution in [0.3, 0.4) is 0 Å². The summed E-state index contributed by atoms with van der Waals surface area (Å²) >= 11 is 5.94. The first-order valence-electron chi connectivity index (χ1n) is 8.52. The molecule has 0 amide bonds.